The number of nitrogens with zero attached hydrogens (tertiary/aromatic N) is 1. The Balaban J connectivity index is 1.70. The molecule has 0 radical (unpaired) electrons. The number of carbonyl (C=O) groups is 3. The molecule has 190 valence electrons. The quantitative estimate of drug-likeness (QED) is 0.228. The van der Waals surface area contributed by atoms with Gasteiger partial charge in [0.25, 0.3) is 0 Å². The zero-order valence-electron chi connectivity index (χ0n) is 20.4. The van der Waals surface area contributed by atoms with Gasteiger partial charge in [0.05, 0.1) is 12.2 Å². The number of nitrogens with one attached hydrogen (secondary N) is 2. The van der Waals surface area contributed by atoms with Crippen LogP contribution in [-0.4, -0.2) is 41.8 Å². The number of H-pyrrole nitrogens is 1. The minimum absolute atomic E-state index is 0.253. The van der Waals surface area contributed by atoms with Gasteiger partial charge >= 0.3 is 5.97 Å². The normalized spacial score (nSPS) is 11.6. The summed E-state index contributed by atoms with van der Waals surface area (Å²) in [6, 6.07) is 22.8. The van der Waals surface area contributed by atoms with Crippen LogP contribution in [0, 0.1) is 0 Å². The highest BCUT2D eigenvalue weighted by molar-refractivity contribution is 6.30. The number of rotatable bonds is 10. The van der Waals surface area contributed by atoms with Crippen molar-refractivity contribution in [3.63, 3.8) is 0 Å². The smallest absolute Gasteiger partial charge is 0.338 e. The number of esters is 1. The zero-order chi connectivity index (χ0) is 26.2. The molecule has 7 nitrogen and oxygen atoms in total. The maximum absolute atomic E-state index is 13.7. The lowest BCUT2D eigenvalue weighted by Gasteiger charge is -2.31. The molecule has 0 saturated heterocycles. The van der Waals surface area contributed by atoms with Crippen molar-refractivity contribution in [3.8, 4) is 0 Å². The van der Waals surface area contributed by atoms with E-state index in [1.807, 2.05) is 54.6 Å². The molecule has 8 heteroatoms. The molecule has 1 unspecified atom stereocenters. The van der Waals surface area contributed by atoms with Crippen LogP contribution >= 0.6 is 11.6 Å². The SMILES string of the molecule is CCOC(=O)c1ccc(N(C(=O)CCl)C(C(=O)NCCc2ccccc2)c2c[nH]c3ccccc23)cc1. The average Bonchev–Trinajstić information content (AvgIpc) is 3.35. The number of fused-ring (bicyclic) bond motifs is 1. The number of hydrogen-bond acceptors (Lipinski definition) is 4. The molecular weight excluding hydrogens is 490 g/mol. The maximum atomic E-state index is 13.7. The van der Waals surface area contributed by atoms with Crippen LogP contribution in [-0.2, 0) is 20.7 Å². The van der Waals surface area contributed by atoms with E-state index in [4.69, 9.17) is 16.3 Å². The second-order valence-corrected chi connectivity index (χ2v) is 8.65. The largest absolute Gasteiger partial charge is 0.462 e. The first kappa shape index (κ1) is 26.0. The fourth-order valence-corrected chi connectivity index (χ4v) is 4.39. The van der Waals surface area contributed by atoms with Gasteiger partial charge in [0.1, 0.15) is 11.9 Å². The van der Waals surface area contributed by atoms with Crippen LogP contribution in [0.15, 0.2) is 85.1 Å². The third-order valence-corrected chi connectivity index (χ3v) is 6.25. The summed E-state index contributed by atoms with van der Waals surface area (Å²) in [6.07, 6.45) is 2.39. The molecule has 2 N–H and O–H groups in total. The average molecular weight is 518 g/mol. The lowest BCUT2D eigenvalue weighted by atomic mass is 10.0. The van der Waals surface area contributed by atoms with Crippen LogP contribution < -0.4 is 10.2 Å². The molecule has 0 bridgehead atoms. The summed E-state index contributed by atoms with van der Waals surface area (Å²) in [4.78, 5) is 43.7. The van der Waals surface area contributed by atoms with E-state index in [1.165, 1.54) is 4.90 Å². The van der Waals surface area contributed by atoms with Gasteiger partial charge in [-0.15, -0.1) is 11.6 Å². The Morgan fingerprint density at radius 3 is 2.38 bits per heavy atom. The summed E-state index contributed by atoms with van der Waals surface area (Å²) in [5.74, 6) is -1.57. The lowest BCUT2D eigenvalue weighted by Crippen LogP contribution is -2.45. The van der Waals surface area contributed by atoms with E-state index in [9.17, 15) is 14.4 Å². The van der Waals surface area contributed by atoms with Gasteiger partial charge in [0, 0.05) is 34.9 Å². The van der Waals surface area contributed by atoms with Crippen molar-refractivity contribution < 1.29 is 19.1 Å². The Morgan fingerprint density at radius 1 is 0.973 bits per heavy atom. The van der Waals surface area contributed by atoms with Gasteiger partial charge in [-0.05, 0) is 49.2 Å². The van der Waals surface area contributed by atoms with Gasteiger partial charge in [0.2, 0.25) is 11.8 Å². The molecule has 0 saturated carbocycles. The zero-order valence-corrected chi connectivity index (χ0v) is 21.2. The number of benzene rings is 3. The number of amides is 2. The van der Waals surface area contributed by atoms with E-state index in [-0.39, 0.29) is 18.4 Å². The van der Waals surface area contributed by atoms with E-state index in [0.29, 0.717) is 29.8 Å². The number of para-hydroxylation sites is 1. The van der Waals surface area contributed by atoms with Gasteiger partial charge in [0.15, 0.2) is 0 Å². The topological polar surface area (TPSA) is 91.5 Å². The Bertz CT molecular complexity index is 1370. The summed E-state index contributed by atoms with van der Waals surface area (Å²) in [5, 5.41) is 3.82. The van der Waals surface area contributed by atoms with Gasteiger partial charge in [-0.25, -0.2) is 4.79 Å². The minimum Gasteiger partial charge on any atom is -0.462 e. The Kier molecular flexibility index (Phi) is 8.59. The van der Waals surface area contributed by atoms with Gasteiger partial charge < -0.3 is 15.0 Å². The second kappa shape index (κ2) is 12.2. The first-order valence-corrected chi connectivity index (χ1v) is 12.6. The summed E-state index contributed by atoms with van der Waals surface area (Å²) in [5.41, 5.74) is 3.36. The van der Waals surface area contributed by atoms with Crippen molar-refractivity contribution in [2.24, 2.45) is 0 Å². The fraction of sp³-hybridized carbons (Fsp3) is 0.207. The lowest BCUT2D eigenvalue weighted by molar-refractivity contribution is -0.125. The standard InChI is InChI=1S/C29H28ClN3O4/c1-2-37-29(36)21-12-14-22(15-13-21)33(26(34)18-30)27(24-19-32-25-11-7-6-10-23(24)25)28(35)31-17-16-20-8-4-3-5-9-20/h3-15,19,27,32H,2,16-18H2,1H3,(H,31,35). The van der Waals surface area contributed by atoms with Crippen LogP contribution in [0.2, 0.25) is 0 Å². The number of aromatic nitrogens is 1. The van der Waals surface area contributed by atoms with Gasteiger partial charge in [-0.3, -0.25) is 14.5 Å². The Hall–Kier alpha value is -4.10. The van der Waals surface area contributed by atoms with Crippen LogP contribution in [0.1, 0.15) is 34.5 Å². The highest BCUT2D eigenvalue weighted by atomic mass is 35.5. The van der Waals surface area contributed by atoms with Crippen molar-refractivity contribution in [2.45, 2.75) is 19.4 Å². The molecule has 37 heavy (non-hydrogen) atoms. The van der Waals surface area contributed by atoms with E-state index in [2.05, 4.69) is 10.3 Å². The number of alkyl halides is 1. The summed E-state index contributed by atoms with van der Waals surface area (Å²) < 4.78 is 5.06. The Labute approximate surface area is 220 Å². The molecule has 1 aromatic heterocycles. The number of anilines is 1. The molecule has 0 aliphatic rings. The second-order valence-electron chi connectivity index (χ2n) is 8.38. The molecule has 0 spiro atoms. The van der Waals surface area contributed by atoms with E-state index in [0.717, 1.165) is 16.5 Å². The summed E-state index contributed by atoms with van der Waals surface area (Å²) in [7, 11) is 0. The first-order valence-electron chi connectivity index (χ1n) is 12.1. The van der Waals surface area contributed by atoms with Crippen molar-refractivity contribution >= 4 is 46.0 Å². The third-order valence-electron chi connectivity index (χ3n) is 6.02. The van der Waals surface area contributed by atoms with Crippen molar-refractivity contribution in [1.82, 2.24) is 10.3 Å². The van der Waals surface area contributed by atoms with Crippen molar-refractivity contribution in [1.29, 1.82) is 0 Å². The maximum Gasteiger partial charge on any atom is 0.338 e. The monoisotopic (exact) mass is 517 g/mol. The van der Waals surface area contributed by atoms with Crippen LogP contribution in [0.4, 0.5) is 5.69 Å². The van der Waals surface area contributed by atoms with Crippen LogP contribution in [0.3, 0.4) is 0 Å². The Morgan fingerprint density at radius 2 is 1.68 bits per heavy atom. The predicted octanol–water partition coefficient (Wildman–Crippen LogP) is 5.02. The number of hydrogen-bond donors (Lipinski definition) is 2. The summed E-state index contributed by atoms with van der Waals surface area (Å²) >= 11 is 6.03. The minimum atomic E-state index is -0.994. The van der Waals surface area contributed by atoms with E-state index in [1.54, 1.807) is 37.4 Å². The van der Waals surface area contributed by atoms with Crippen LogP contribution in [0.25, 0.3) is 10.9 Å². The molecule has 1 atom stereocenters. The molecule has 0 fully saturated rings. The number of ether oxygens (including phenoxy) is 1. The number of aromatic amines is 1. The first-order chi connectivity index (χ1) is 18.0. The van der Waals surface area contributed by atoms with Crippen molar-refractivity contribution in [2.75, 3.05) is 23.9 Å². The molecule has 1 heterocycles. The molecular formula is C29H28ClN3O4. The number of carbonyl (C=O) groups excluding carboxylic acids is 3. The molecule has 0 aliphatic heterocycles. The van der Waals surface area contributed by atoms with Gasteiger partial charge in [-0.1, -0.05) is 48.5 Å². The molecule has 3 aromatic carbocycles. The number of halogens is 1. The van der Waals surface area contributed by atoms with Gasteiger partial charge in [-0.2, -0.15) is 0 Å². The highest BCUT2D eigenvalue weighted by Crippen LogP contribution is 2.33. The molecule has 4 rings (SSSR count). The molecule has 4 aromatic rings. The predicted molar refractivity (Wildman–Crippen MR) is 145 cm³/mol. The van der Waals surface area contributed by atoms with E-state index >= 15 is 0 Å². The van der Waals surface area contributed by atoms with Crippen molar-refractivity contribution in [3.05, 3.63) is 102 Å². The molecule has 0 aliphatic carbocycles. The van der Waals surface area contributed by atoms with Crippen LogP contribution in [0.5, 0.6) is 0 Å². The highest BCUT2D eigenvalue weighted by Gasteiger charge is 2.34. The fourth-order valence-electron chi connectivity index (χ4n) is 4.26. The van der Waals surface area contributed by atoms with E-state index < -0.39 is 17.9 Å². The third kappa shape index (κ3) is 6.01. The summed E-state index contributed by atoms with van der Waals surface area (Å²) in [6.45, 7) is 2.38. The molecule has 2 amide bonds.